The number of aromatic nitrogens is 1. The van der Waals surface area contributed by atoms with E-state index in [9.17, 15) is 9.59 Å². The van der Waals surface area contributed by atoms with Gasteiger partial charge in [0.2, 0.25) is 0 Å². The first-order valence-corrected chi connectivity index (χ1v) is 11.5. The molecule has 168 valence electrons. The molecule has 0 aliphatic heterocycles. The van der Waals surface area contributed by atoms with Crippen molar-refractivity contribution < 1.29 is 9.59 Å². The number of hydrogen-bond acceptors (Lipinski definition) is 4. The lowest BCUT2D eigenvalue weighted by molar-refractivity contribution is 0.102. The molecule has 33 heavy (non-hydrogen) atoms. The van der Waals surface area contributed by atoms with Gasteiger partial charge in [0.15, 0.2) is 5.13 Å². The van der Waals surface area contributed by atoms with Crippen LogP contribution in [0.15, 0.2) is 60.7 Å². The van der Waals surface area contributed by atoms with Crippen LogP contribution >= 0.6 is 11.3 Å². The van der Waals surface area contributed by atoms with Crippen molar-refractivity contribution in [2.45, 2.75) is 33.7 Å². The minimum Gasteiger partial charge on any atom is -0.331 e. The Bertz CT molecular complexity index is 1310. The zero-order chi connectivity index (χ0) is 23.5. The van der Waals surface area contributed by atoms with Crippen LogP contribution in [0.5, 0.6) is 0 Å². The van der Waals surface area contributed by atoms with Crippen molar-refractivity contribution in [3.63, 3.8) is 0 Å². The molecule has 0 aliphatic carbocycles. The van der Waals surface area contributed by atoms with Crippen LogP contribution in [-0.4, -0.2) is 16.9 Å². The number of hydrogen-bond donors (Lipinski definition) is 3. The van der Waals surface area contributed by atoms with Gasteiger partial charge < -0.3 is 10.6 Å². The largest absolute Gasteiger partial charge is 0.331 e. The van der Waals surface area contributed by atoms with E-state index in [1.165, 1.54) is 11.3 Å². The number of carbonyl (C=O) groups excluding carboxylic acids is 2. The fourth-order valence-electron chi connectivity index (χ4n) is 3.84. The van der Waals surface area contributed by atoms with Crippen LogP contribution in [0.25, 0.3) is 10.2 Å². The highest BCUT2D eigenvalue weighted by Gasteiger charge is 2.14. The van der Waals surface area contributed by atoms with Crippen molar-refractivity contribution in [1.29, 1.82) is 0 Å². The quantitative estimate of drug-likeness (QED) is 0.325. The summed E-state index contributed by atoms with van der Waals surface area (Å²) in [6, 6.07) is 18.7. The third-order valence-corrected chi connectivity index (χ3v) is 6.37. The monoisotopic (exact) mass is 458 g/mol. The number of aryl methyl sites for hydroxylation is 3. The number of rotatable bonds is 5. The average molecular weight is 459 g/mol. The Morgan fingerprint density at radius 1 is 0.909 bits per heavy atom. The summed E-state index contributed by atoms with van der Waals surface area (Å²) in [6.07, 6.45) is 0. The Morgan fingerprint density at radius 3 is 2.30 bits per heavy atom. The van der Waals surface area contributed by atoms with E-state index < -0.39 is 0 Å². The number of carbonyl (C=O) groups is 2. The van der Waals surface area contributed by atoms with Crippen molar-refractivity contribution in [2.24, 2.45) is 0 Å². The summed E-state index contributed by atoms with van der Waals surface area (Å²) in [7, 11) is 0. The second-order valence-electron chi connectivity index (χ2n) is 8.16. The van der Waals surface area contributed by atoms with Crippen LogP contribution in [0.1, 0.15) is 45.6 Å². The molecule has 0 fully saturated rings. The molecule has 3 amide bonds. The Hall–Kier alpha value is -3.71. The zero-order valence-electron chi connectivity index (χ0n) is 19.0. The molecule has 1 heterocycles. The molecule has 1 atom stereocenters. The van der Waals surface area contributed by atoms with Gasteiger partial charge >= 0.3 is 6.03 Å². The van der Waals surface area contributed by atoms with Gasteiger partial charge in [-0.25, -0.2) is 9.78 Å². The van der Waals surface area contributed by atoms with E-state index in [1.54, 1.807) is 18.2 Å². The maximum Gasteiger partial charge on any atom is 0.321 e. The number of nitrogens with one attached hydrogen (secondary N) is 3. The number of urea groups is 1. The first-order valence-electron chi connectivity index (χ1n) is 10.7. The van der Waals surface area contributed by atoms with E-state index in [4.69, 9.17) is 0 Å². The number of amides is 3. The molecular formula is C26H26N4O2S. The molecule has 4 rings (SSSR count). The normalized spacial score (nSPS) is 11.8. The molecular weight excluding hydrogens is 432 g/mol. The van der Waals surface area contributed by atoms with Crippen molar-refractivity contribution >= 4 is 44.3 Å². The van der Waals surface area contributed by atoms with Gasteiger partial charge in [-0.05, 0) is 62.6 Å². The van der Waals surface area contributed by atoms with Gasteiger partial charge in [0.05, 0.1) is 16.3 Å². The lowest BCUT2D eigenvalue weighted by Gasteiger charge is -2.13. The minimum atomic E-state index is -0.325. The molecule has 6 nitrogen and oxygen atoms in total. The van der Waals surface area contributed by atoms with Crippen molar-refractivity contribution in [3.05, 3.63) is 88.5 Å². The maximum absolute atomic E-state index is 12.9. The molecule has 0 saturated heterocycles. The smallest absolute Gasteiger partial charge is 0.321 e. The van der Waals surface area contributed by atoms with E-state index >= 15 is 0 Å². The van der Waals surface area contributed by atoms with Gasteiger partial charge in [0.25, 0.3) is 5.91 Å². The van der Waals surface area contributed by atoms with E-state index in [2.05, 4.69) is 33.1 Å². The summed E-state index contributed by atoms with van der Waals surface area (Å²) in [5, 5.41) is 9.22. The molecule has 3 N–H and O–H groups in total. The topological polar surface area (TPSA) is 83.1 Å². The van der Waals surface area contributed by atoms with Crippen LogP contribution in [0.3, 0.4) is 0 Å². The molecule has 7 heteroatoms. The van der Waals surface area contributed by atoms with Crippen LogP contribution < -0.4 is 16.0 Å². The first-order chi connectivity index (χ1) is 15.8. The van der Waals surface area contributed by atoms with E-state index in [-0.39, 0.29) is 18.0 Å². The third kappa shape index (κ3) is 5.21. The number of thiazole rings is 1. The summed E-state index contributed by atoms with van der Waals surface area (Å²) >= 11 is 1.33. The van der Waals surface area contributed by atoms with Crippen LogP contribution in [0, 0.1) is 20.8 Å². The van der Waals surface area contributed by atoms with Gasteiger partial charge in [0, 0.05) is 11.3 Å². The molecule has 0 aliphatic rings. The van der Waals surface area contributed by atoms with Gasteiger partial charge in [0.1, 0.15) is 0 Å². The molecule has 0 unspecified atom stereocenters. The van der Waals surface area contributed by atoms with E-state index in [1.807, 2.05) is 58.0 Å². The number of benzene rings is 3. The summed E-state index contributed by atoms with van der Waals surface area (Å²) in [5.41, 5.74) is 6.35. The fraction of sp³-hybridized carbons (Fsp3) is 0.192. The van der Waals surface area contributed by atoms with Crippen LogP contribution in [-0.2, 0) is 0 Å². The van der Waals surface area contributed by atoms with Gasteiger partial charge in [-0.15, -0.1) is 0 Å². The second kappa shape index (κ2) is 9.42. The lowest BCUT2D eigenvalue weighted by atomic mass is 10.0. The molecule has 4 aromatic rings. The Balaban J connectivity index is 1.46. The number of fused-ring (bicyclic) bond motifs is 1. The van der Waals surface area contributed by atoms with Crippen LogP contribution in [0.4, 0.5) is 15.6 Å². The molecule has 1 aromatic heterocycles. The highest BCUT2D eigenvalue weighted by Crippen LogP contribution is 2.28. The highest BCUT2D eigenvalue weighted by molar-refractivity contribution is 7.22. The summed E-state index contributed by atoms with van der Waals surface area (Å²) in [4.78, 5) is 29.8. The lowest BCUT2D eigenvalue weighted by Crippen LogP contribution is -2.31. The van der Waals surface area contributed by atoms with Gasteiger partial charge in [-0.1, -0.05) is 59.4 Å². The van der Waals surface area contributed by atoms with E-state index in [0.29, 0.717) is 10.7 Å². The van der Waals surface area contributed by atoms with Crippen molar-refractivity contribution in [1.82, 2.24) is 10.3 Å². The summed E-state index contributed by atoms with van der Waals surface area (Å²) < 4.78 is 0.825. The fourth-order valence-corrected chi connectivity index (χ4v) is 4.74. The Morgan fingerprint density at radius 2 is 1.61 bits per heavy atom. The minimum absolute atomic E-state index is 0.135. The highest BCUT2D eigenvalue weighted by atomic mass is 32.1. The van der Waals surface area contributed by atoms with Gasteiger partial charge in [-0.3, -0.25) is 10.1 Å². The second-order valence-corrected chi connectivity index (χ2v) is 9.19. The maximum atomic E-state index is 12.9. The molecule has 0 radical (unpaired) electrons. The van der Waals surface area contributed by atoms with Crippen molar-refractivity contribution in [3.8, 4) is 0 Å². The average Bonchev–Trinajstić information content (AvgIpc) is 3.17. The third-order valence-electron chi connectivity index (χ3n) is 5.43. The van der Waals surface area contributed by atoms with Crippen molar-refractivity contribution in [2.75, 3.05) is 10.6 Å². The summed E-state index contributed by atoms with van der Waals surface area (Å²) in [6.45, 7) is 7.94. The predicted octanol–water partition coefficient (Wildman–Crippen LogP) is 6.36. The SMILES string of the molecule is Cc1cc(C)c(NC(=O)c2ccc3nc(NC(=O)N[C@H](C)c4ccccc4)sc3c2)c(C)c1. The van der Waals surface area contributed by atoms with Crippen LogP contribution in [0.2, 0.25) is 0 Å². The summed E-state index contributed by atoms with van der Waals surface area (Å²) in [5.74, 6) is -0.177. The standard InChI is InChI=1S/C26H26N4O2S/c1-15-12-16(2)23(17(3)13-15)29-24(31)20-10-11-21-22(14-20)33-26(28-21)30-25(32)27-18(4)19-8-6-5-7-9-19/h5-14,18H,1-4H3,(H,29,31)(H2,27,28,30,32)/t18-/m1/s1. The van der Waals surface area contributed by atoms with E-state index in [0.717, 1.165) is 38.2 Å². The molecule has 3 aromatic carbocycles. The Kier molecular flexibility index (Phi) is 6.42. The molecule has 0 saturated carbocycles. The zero-order valence-corrected chi connectivity index (χ0v) is 19.8. The first kappa shape index (κ1) is 22.5. The molecule has 0 spiro atoms. The predicted molar refractivity (Wildman–Crippen MR) is 135 cm³/mol. The molecule has 0 bridgehead atoms. The number of nitrogens with zero attached hydrogens (tertiary/aromatic N) is 1. The number of anilines is 2. The van der Waals surface area contributed by atoms with Gasteiger partial charge in [-0.2, -0.15) is 0 Å². The Labute approximate surface area is 197 Å².